The number of piperazine rings is 1. The molecule has 2 fully saturated rings. The van der Waals surface area contributed by atoms with Gasteiger partial charge >= 0.3 is 0 Å². The molecular weight excluding hydrogens is 452 g/mol. The summed E-state index contributed by atoms with van der Waals surface area (Å²) in [7, 11) is 2.15. The van der Waals surface area contributed by atoms with E-state index in [2.05, 4.69) is 42.8 Å². The van der Waals surface area contributed by atoms with E-state index in [0.29, 0.717) is 17.6 Å². The molecule has 4 aromatic heterocycles. The maximum Gasteiger partial charge on any atom is 0.229 e. The van der Waals surface area contributed by atoms with Crippen LogP contribution in [0.5, 0.6) is 0 Å². The molecule has 1 saturated heterocycles. The third-order valence-electron chi connectivity index (χ3n) is 6.99. The van der Waals surface area contributed by atoms with Gasteiger partial charge in [0.05, 0.1) is 17.6 Å². The Morgan fingerprint density at radius 2 is 1.75 bits per heavy atom. The highest BCUT2D eigenvalue weighted by Gasteiger charge is 2.30. The van der Waals surface area contributed by atoms with Crippen LogP contribution in [0.25, 0.3) is 16.9 Å². The first-order valence-corrected chi connectivity index (χ1v) is 12.6. The van der Waals surface area contributed by atoms with E-state index in [1.807, 2.05) is 42.7 Å². The molecule has 2 aliphatic rings. The van der Waals surface area contributed by atoms with E-state index in [-0.39, 0.29) is 0 Å². The summed E-state index contributed by atoms with van der Waals surface area (Å²) in [6.45, 7) is 7.57. The van der Waals surface area contributed by atoms with Crippen LogP contribution in [0.1, 0.15) is 44.0 Å². The number of pyridine rings is 2. The molecule has 0 aromatic carbocycles. The van der Waals surface area contributed by atoms with Gasteiger partial charge in [0, 0.05) is 43.5 Å². The highest BCUT2D eigenvalue weighted by molar-refractivity contribution is 5.80. The lowest BCUT2D eigenvalue weighted by atomic mass is 10.1. The van der Waals surface area contributed by atoms with Crippen LogP contribution in [0.3, 0.4) is 0 Å². The number of rotatable bonds is 6. The molecule has 1 aliphatic heterocycles. The smallest absolute Gasteiger partial charge is 0.229 e. The Hall–Kier alpha value is -3.56. The summed E-state index contributed by atoms with van der Waals surface area (Å²) < 4.78 is 2.11. The van der Waals surface area contributed by atoms with Crippen LogP contribution < -0.4 is 10.2 Å². The van der Waals surface area contributed by atoms with Gasteiger partial charge in [0.1, 0.15) is 17.2 Å². The van der Waals surface area contributed by atoms with Gasteiger partial charge in [-0.25, -0.2) is 15.0 Å². The van der Waals surface area contributed by atoms with E-state index in [4.69, 9.17) is 9.97 Å². The Kier molecular flexibility index (Phi) is 5.61. The summed E-state index contributed by atoms with van der Waals surface area (Å²) in [5, 5.41) is 14.8. The second kappa shape index (κ2) is 8.83. The van der Waals surface area contributed by atoms with Crippen molar-refractivity contribution in [3.05, 3.63) is 60.2 Å². The van der Waals surface area contributed by atoms with E-state index in [1.165, 1.54) is 5.69 Å². The van der Waals surface area contributed by atoms with E-state index in [9.17, 15) is 5.11 Å². The Morgan fingerprint density at radius 3 is 2.44 bits per heavy atom. The summed E-state index contributed by atoms with van der Waals surface area (Å²) in [6, 6.07) is 12.0. The lowest BCUT2D eigenvalue weighted by Crippen LogP contribution is -2.44. The van der Waals surface area contributed by atoms with Gasteiger partial charge in [0.25, 0.3) is 0 Å². The predicted molar refractivity (Wildman–Crippen MR) is 141 cm³/mol. The number of nitrogens with one attached hydrogen (secondary N) is 1. The first kappa shape index (κ1) is 22.9. The van der Waals surface area contributed by atoms with Crippen molar-refractivity contribution in [1.29, 1.82) is 0 Å². The van der Waals surface area contributed by atoms with Gasteiger partial charge in [-0.2, -0.15) is 4.98 Å². The van der Waals surface area contributed by atoms with Crippen LogP contribution in [0.15, 0.2) is 48.8 Å². The number of fused-ring (bicyclic) bond motifs is 1. The van der Waals surface area contributed by atoms with Crippen molar-refractivity contribution in [2.45, 2.75) is 38.2 Å². The predicted octanol–water partition coefficient (Wildman–Crippen LogP) is 3.81. The molecule has 1 aliphatic carbocycles. The fourth-order valence-electron chi connectivity index (χ4n) is 4.69. The van der Waals surface area contributed by atoms with Crippen molar-refractivity contribution in [2.75, 3.05) is 43.4 Å². The third kappa shape index (κ3) is 4.52. The van der Waals surface area contributed by atoms with E-state index >= 15 is 0 Å². The second-order valence-corrected chi connectivity index (χ2v) is 10.4. The molecule has 0 atom stereocenters. The Balaban J connectivity index is 1.31. The molecule has 0 bridgehead atoms. The number of hydrogen-bond acceptors (Lipinski definition) is 8. The number of hydrogen-bond donors (Lipinski definition) is 2. The van der Waals surface area contributed by atoms with Crippen molar-refractivity contribution >= 4 is 28.5 Å². The van der Waals surface area contributed by atoms with Crippen molar-refractivity contribution in [2.24, 2.45) is 0 Å². The van der Waals surface area contributed by atoms with Gasteiger partial charge in [-0.3, -0.25) is 4.57 Å². The molecule has 186 valence electrons. The Morgan fingerprint density at radius 1 is 0.944 bits per heavy atom. The number of anilines is 3. The number of aromatic nitrogens is 5. The number of likely N-dealkylation sites (N-methyl/N-ethyl adjacent to an activating group) is 1. The average molecular weight is 485 g/mol. The minimum absolute atomic E-state index is 0.495. The van der Waals surface area contributed by atoms with Crippen molar-refractivity contribution in [3.63, 3.8) is 0 Å². The maximum absolute atomic E-state index is 10.5. The molecule has 4 aromatic rings. The minimum Gasteiger partial charge on any atom is -0.384 e. The van der Waals surface area contributed by atoms with Crippen LogP contribution in [0.2, 0.25) is 0 Å². The zero-order chi connectivity index (χ0) is 24.9. The molecule has 2 N–H and O–H groups in total. The maximum atomic E-state index is 10.5. The molecule has 36 heavy (non-hydrogen) atoms. The average Bonchev–Trinajstić information content (AvgIpc) is 3.65. The van der Waals surface area contributed by atoms with Gasteiger partial charge in [-0.15, -0.1) is 0 Å². The molecule has 9 nitrogen and oxygen atoms in total. The molecule has 1 saturated carbocycles. The van der Waals surface area contributed by atoms with Gasteiger partial charge < -0.3 is 20.2 Å². The van der Waals surface area contributed by atoms with Gasteiger partial charge in [-0.1, -0.05) is 6.07 Å². The van der Waals surface area contributed by atoms with Crippen molar-refractivity contribution in [1.82, 2.24) is 29.4 Å². The fourth-order valence-corrected chi connectivity index (χ4v) is 4.69. The monoisotopic (exact) mass is 484 g/mol. The summed E-state index contributed by atoms with van der Waals surface area (Å²) in [4.78, 5) is 23.6. The largest absolute Gasteiger partial charge is 0.384 e. The molecular formula is C27H32N8O. The minimum atomic E-state index is -1.02. The number of nitrogens with zero attached hydrogens (tertiary/aromatic N) is 7. The van der Waals surface area contributed by atoms with Crippen LogP contribution in [-0.2, 0) is 5.60 Å². The first-order valence-electron chi connectivity index (χ1n) is 12.6. The van der Waals surface area contributed by atoms with Gasteiger partial charge in [0.2, 0.25) is 5.95 Å². The Labute approximate surface area is 210 Å². The van der Waals surface area contributed by atoms with E-state index < -0.39 is 5.60 Å². The van der Waals surface area contributed by atoms with Crippen molar-refractivity contribution < 1.29 is 5.11 Å². The molecule has 5 heterocycles. The van der Waals surface area contributed by atoms with E-state index in [1.54, 1.807) is 13.8 Å². The summed E-state index contributed by atoms with van der Waals surface area (Å²) in [5.41, 5.74) is 2.44. The van der Waals surface area contributed by atoms with Gasteiger partial charge in [0.15, 0.2) is 5.65 Å². The molecule has 0 spiro atoms. The summed E-state index contributed by atoms with van der Waals surface area (Å²) in [6.07, 6.45) is 6.01. The topological polar surface area (TPSA) is 95.2 Å². The third-order valence-corrected chi connectivity index (χ3v) is 6.99. The zero-order valence-corrected chi connectivity index (χ0v) is 21.0. The molecule has 0 unspecified atom stereocenters. The highest BCUT2D eigenvalue weighted by Crippen LogP contribution is 2.43. The van der Waals surface area contributed by atoms with Crippen LogP contribution >= 0.6 is 0 Å². The van der Waals surface area contributed by atoms with Crippen LogP contribution in [-0.4, -0.2) is 67.7 Å². The fraction of sp³-hybridized carbons (Fsp3) is 0.407. The SMILES string of the molecule is CN1CCN(c2ccc(Nc3ncc4cc(C5CC5)n(-c5cccc(C(C)(C)O)n5)c4n3)cn2)CC1. The first-order chi connectivity index (χ1) is 17.3. The second-order valence-electron chi connectivity index (χ2n) is 10.4. The molecule has 9 heteroatoms. The lowest BCUT2D eigenvalue weighted by Gasteiger charge is -2.33. The quantitative estimate of drug-likeness (QED) is 0.427. The normalized spacial score (nSPS) is 17.1. The van der Waals surface area contributed by atoms with Crippen LogP contribution in [0, 0.1) is 0 Å². The standard InChI is InChI=1S/C27H32N8O/c1-27(2,36)22-5-4-6-24(31-22)35-21(18-7-8-18)15-19-16-29-26(32-25(19)35)30-20-9-10-23(28-17-20)34-13-11-33(3)12-14-34/h4-6,9-10,15-18,36H,7-8,11-14H2,1-3H3,(H,29,30,32). The van der Waals surface area contributed by atoms with Gasteiger partial charge in [-0.05, 0) is 70.0 Å². The van der Waals surface area contributed by atoms with Crippen LogP contribution in [0.4, 0.5) is 17.5 Å². The summed E-state index contributed by atoms with van der Waals surface area (Å²) >= 11 is 0. The van der Waals surface area contributed by atoms with Crippen molar-refractivity contribution in [3.8, 4) is 5.82 Å². The zero-order valence-electron chi connectivity index (χ0n) is 21.0. The summed E-state index contributed by atoms with van der Waals surface area (Å²) in [5.74, 6) is 2.76. The number of aliphatic hydroxyl groups is 1. The van der Waals surface area contributed by atoms with E-state index in [0.717, 1.165) is 67.4 Å². The lowest BCUT2D eigenvalue weighted by molar-refractivity contribution is 0.0738. The molecule has 6 rings (SSSR count). The Bertz CT molecular complexity index is 1380. The highest BCUT2D eigenvalue weighted by atomic mass is 16.3. The molecule has 0 radical (unpaired) electrons. The molecule has 0 amide bonds.